The van der Waals surface area contributed by atoms with Gasteiger partial charge in [0.1, 0.15) is 6.10 Å². The van der Waals surface area contributed by atoms with Crippen LogP contribution >= 0.6 is 0 Å². The lowest BCUT2D eigenvalue weighted by molar-refractivity contribution is -0.116. The van der Waals surface area contributed by atoms with E-state index < -0.39 is 0 Å². The van der Waals surface area contributed by atoms with E-state index in [1.807, 2.05) is 50.6 Å². The SMILES string of the molecule is CCCC(=O)Nc1ccc(CN=C(NCC)N2CCOC(c3cnn(C)c3)C2)cc1. The summed E-state index contributed by atoms with van der Waals surface area (Å²) in [7, 11) is 1.91. The van der Waals surface area contributed by atoms with Gasteiger partial charge in [-0.15, -0.1) is 0 Å². The molecular formula is C22H32N6O2. The van der Waals surface area contributed by atoms with Gasteiger partial charge in [0.2, 0.25) is 5.91 Å². The van der Waals surface area contributed by atoms with Gasteiger partial charge < -0.3 is 20.3 Å². The standard InChI is InChI=1S/C22H32N6O2/c1-4-6-21(29)26-19-9-7-17(8-10-19)13-24-22(23-5-2)28-11-12-30-20(16-28)18-14-25-27(3)15-18/h7-10,14-15,20H,4-6,11-13,16H2,1-3H3,(H,23,24)(H,26,29). The summed E-state index contributed by atoms with van der Waals surface area (Å²) in [5.41, 5.74) is 3.00. The van der Waals surface area contributed by atoms with Crippen molar-refractivity contribution in [3.63, 3.8) is 0 Å². The Bertz CT molecular complexity index is 846. The van der Waals surface area contributed by atoms with Crippen LogP contribution in [-0.4, -0.2) is 52.8 Å². The zero-order chi connectivity index (χ0) is 21.3. The molecule has 30 heavy (non-hydrogen) atoms. The van der Waals surface area contributed by atoms with Crippen molar-refractivity contribution < 1.29 is 9.53 Å². The predicted octanol–water partition coefficient (Wildman–Crippen LogP) is 2.70. The molecule has 1 aliphatic rings. The third kappa shape index (κ3) is 6.06. The zero-order valence-corrected chi connectivity index (χ0v) is 18.1. The number of hydrogen-bond acceptors (Lipinski definition) is 4. The molecule has 0 radical (unpaired) electrons. The molecule has 1 unspecified atom stereocenters. The second kappa shape index (κ2) is 10.8. The highest BCUT2D eigenvalue weighted by Crippen LogP contribution is 2.21. The molecule has 0 bridgehead atoms. The fourth-order valence-electron chi connectivity index (χ4n) is 3.39. The number of amides is 1. The lowest BCUT2D eigenvalue weighted by Gasteiger charge is -2.34. The van der Waals surface area contributed by atoms with Gasteiger partial charge in [0.15, 0.2) is 5.96 Å². The number of hydrogen-bond donors (Lipinski definition) is 2. The van der Waals surface area contributed by atoms with Gasteiger partial charge in [0.25, 0.3) is 0 Å². The van der Waals surface area contributed by atoms with Crippen LogP contribution in [0.2, 0.25) is 0 Å². The first-order valence-corrected chi connectivity index (χ1v) is 10.6. The van der Waals surface area contributed by atoms with Crippen LogP contribution in [0.25, 0.3) is 0 Å². The van der Waals surface area contributed by atoms with Crippen molar-refractivity contribution >= 4 is 17.6 Å². The number of carbonyl (C=O) groups excluding carboxylic acids is 1. The van der Waals surface area contributed by atoms with E-state index >= 15 is 0 Å². The van der Waals surface area contributed by atoms with Crippen LogP contribution in [0, 0.1) is 0 Å². The van der Waals surface area contributed by atoms with Crippen LogP contribution in [-0.2, 0) is 23.1 Å². The van der Waals surface area contributed by atoms with Crippen LogP contribution in [0.3, 0.4) is 0 Å². The molecule has 2 aromatic rings. The van der Waals surface area contributed by atoms with Gasteiger partial charge in [-0.1, -0.05) is 19.1 Å². The third-order valence-corrected chi connectivity index (χ3v) is 4.92. The largest absolute Gasteiger partial charge is 0.370 e. The van der Waals surface area contributed by atoms with Crippen LogP contribution < -0.4 is 10.6 Å². The minimum Gasteiger partial charge on any atom is -0.370 e. The van der Waals surface area contributed by atoms with Crippen molar-refractivity contribution in [3.05, 3.63) is 47.8 Å². The smallest absolute Gasteiger partial charge is 0.224 e. The molecule has 8 nitrogen and oxygen atoms in total. The lowest BCUT2D eigenvalue weighted by atomic mass is 10.1. The van der Waals surface area contributed by atoms with Crippen LogP contribution in [0.4, 0.5) is 5.69 Å². The van der Waals surface area contributed by atoms with Gasteiger partial charge in [-0.05, 0) is 31.0 Å². The van der Waals surface area contributed by atoms with Crippen LogP contribution in [0.5, 0.6) is 0 Å². The maximum atomic E-state index is 11.7. The quantitative estimate of drug-likeness (QED) is 0.540. The summed E-state index contributed by atoms with van der Waals surface area (Å²) in [6.07, 6.45) is 5.23. The van der Waals surface area contributed by atoms with Gasteiger partial charge in [-0.2, -0.15) is 5.10 Å². The van der Waals surface area contributed by atoms with E-state index in [9.17, 15) is 4.79 Å². The number of aromatic nitrogens is 2. The number of morpholine rings is 1. The number of nitrogens with zero attached hydrogens (tertiary/aromatic N) is 4. The fraction of sp³-hybridized carbons (Fsp3) is 0.500. The molecule has 2 N–H and O–H groups in total. The average molecular weight is 413 g/mol. The average Bonchev–Trinajstić information content (AvgIpc) is 3.19. The van der Waals surface area contributed by atoms with E-state index in [1.54, 1.807) is 4.68 Å². The number of carbonyl (C=O) groups is 1. The van der Waals surface area contributed by atoms with Crippen molar-refractivity contribution in [2.45, 2.75) is 39.3 Å². The molecule has 1 amide bonds. The van der Waals surface area contributed by atoms with Crippen molar-refractivity contribution in [2.24, 2.45) is 12.0 Å². The summed E-state index contributed by atoms with van der Waals surface area (Å²) >= 11 is 0. The Morgan fingerprint density at radius 1 is 1.30 bits per heavy atom. The highest BCUT2D eigenvalue weighted by atomic mass is 16.5. The second-order valence-electron chi connectivity index (χ2n) is 7.42. The summed E-state index contributed by atoms with van der Waals surface area (Å²) in [5.74, 6) is 0.934. The fourth-order valence-corrected chi connectivity index (χ4v) is 3.39. The molecule has 1 saturated heterocycles. The zero-order valence-electron chi connectivity index (χ0n) is 18.1. The van der Waals surface area contributed by atoms with Crippen LogP contribution in [0.1, 0.15) is 43.9 Å². The Morgan fingerprint density at radius 2 is 2.10 bits per heavy atom. The van der Waals surface area contributed by atoms with E-state index in [1.165, 1.54) is 0 Å². The summed E-state index contributed by atoms with van der Waals surface area (Å²) in [6, 6.07) is 7.87. The number of ether oxygens (including phenoxy) is 1. The van der Waals surface area contributed by atoms with E-state index in [-0.39, 0.29) is 12.0 Å². The highest BCUT2D eigenvalue weighted by Gasteiger charge is 2.25. The Kier molecular flexibility index (Phi) is 7.84. The summed E-state index contributed by atoms with van der Waals surface area (Å²) in [4.78, 5) is 18.8. The first-order valence-electron chi connectivity index (χ1n) is 10.6. The minimum absolute atomic E-state index is 0.0117. The Hall–Kier alpha value is -2.87. The number of aliphatic imine (C=N–C) groups is 1. The molecule has 0 saturated carbocycles. The summed E-state index contributed by atoms with van der Waals surface area (Å²) < 4.78 is 7.75. The molecule has 1 aromatic carbocycles. The number of nitrogens with one attached hydrogen (secondary N) is 2. The highest BCUT2D eigenvalue weighted by molar-refractivity contribution is 5.90. The maximum absolute atomic E-state index is 11.7. The second-order valence-corrected chi connectivity index (χ2v) is 7.42. The van der Waals surface area contributed by atoms with Gasteiger partial charge in [0.05, 0.1) is 25.9 Å². The van der Waals surface area contributed by atoms with E-state index in [2.05, 4.69) is 27.6 Å². The topological polar surface area (TPSA) is 83.8 Å². The van der Waals surface area contributed by atoms with Crippen molar-refractivity contribution in [3.8, 4) is 0 Å². The summed E-state index contributed by atoms with van der Waals surface area (Å²) in [5, 5.41) is 10.6. The van der Waals surface area contributed by atoms with Gasteiger partial charge in [-0.25, -0.2) is 4.99 Å². The molecule has 1 aliphatic heterocycles. The molecular weight excluding hydrogens is 380 g/mol. The maximum Gasteiger partial charge on any atom is 0.224 e. The molecule has 8 heteroatoms. The summed E-state index contributed by atoms with van der Waals surface area (Å²) in [6.45, 7) is 7.62. The number of anilines is 1. The van der Waals surface area contributed by atoms with Gasteiger partial charge in [-0.3, -0.25) is 9.48 Å². The molecule has 1 atom stereocenters. The minimum atomic E-state index is -0.0117. The normalized spacial score (nSPS) is 17.1. The predicted molar refractivity (Wildman–Crippen MR) is 118 cm³/mol. The Labute approximate surface area is 178 Å². The van der Waals surface area contributed by atoms with Gasteiger partial charge >= 0.3 is 0 Å². The monoisotopic (exact) mass is 412 g/mol. The lowest BCUT2D eigenvalue weighted by Crippen LogP contribution is -2.48. The molecule has 1 aromatic heterocycles. The first kappa shape index (κ1) is 21.8. The van der Waals surface area contributed by atoms with Crippen molar-refractivity contribution in [1.29, 1.82) is 0 Å². The van der Waals surface area contributed by atoms with Gasteiger partial charge in [0, 0.05) is 44.0 Å². The Balaban J connectivity index is 1.63. The molecule has 162 valence electrons. The Morgan fingerprint density at radius 3 is 2.77 bits per heavy atom. The van der Waals surface area contributed by atoms with E-state index in [4.69, 9.17) is 9.73 Å². The number of guanidine groups is 1. The molecule has 1 fully saturated rings. The molecule has 3 rings (SSSR count). The van der Waals surface area contributed by atoms with Crippen molar-refractivity contribution in [1.82, 2.24) is 20.0 Å². The van der Waals surface area contributed by atoms with E-state index in [0.717, 1.165) is 48.8 Å². The van der Waals surface area contributed by atoms with Crippen molar-refractivity contribution in [2.75, 3.05) is 31.6 Å². The molecule has 0 spiro atoms. The molecule has 0 aliphatic carbocycles. The molecule has 2 heterocycles. The number of aryl methyl sites for hydroxylation is 1. The number of benzene rings is 1. The van der Waals surface area contributed by atoms with Crippen LogP contribution in [0.15, 0.2) is 41.7 Å². The first-order chi connectivity index (χ1) is 14.6. The van der Waals surface area contributed by atoms with E-state index in [0.29, 0.717) is 19.6 Å². The number of rotatable bonds is 7. The third-order valence-electron chi connectivity index (χ3n) is 4.92.